The first-order valence-corrected chi connectivity index (χ1v) is 9.18. The van der Waals surface area contributed by atoms with E-state index in [-0.39, 0.29) is 11.8 Å². The topological polar surface area (TPSA) is 69.3 Å². The van der Waals surface area contributed by atoms with Gasteiger partial charge in [-0.25, -0.2) is 0 Å². The van der Waals surface area contributed by atoms with E-state index < -0.39 is 0 Å². The second-order valence-corrected chi connectivity index (χ2v) is 7.11. The van der Waals surface area contributed by atoms with Gasteiger partial charge in [-0.1, -0.05) is 12.8 Å². The summed E-state index contributed by atoms with van der Waals surface area (Å²) in [5.74, 6) is 0.907. The average Bonchev–Trinajstić information content (AvgIpc) is 2.96. The van der Waals surface area contributed by atoms with E-state index in [1.165, 1.54) is 12.8 Å². The summed E-state index contributed by atoms with van der Waals surface area (Å²) in [5.41, 5.74) is 0.869. The van der Waals surface area contributed by atoms with Crippen LogP contribution in [0.3, 0.4) is 0 Å². The third-order valence-electron chi connectivity index (χ3n) is 5.54. The number of amides is 2. The normalized spacial score (nSPS) is 23.1. The van der Waals surface area contributed by atoms with Crippen LogP contribution in [-0.2, 0) is 16.0 Å². The van der Waals surface area contributed by atoms with Crippen molar-refractivity contribution in [2.45, 2.75) is 57.9 Å². The van der Waals surface area contributed by atoms with Crippen LogP contribution in [-0.4, -0.2) is 57.5 Å². The number of carbonyl (C=O) groups excluding carboxylic acids is 2. The maximum absolute atomic E-state index is 12.4. The number of likely N-dealkylation sites (tertiary alicyclic amines) is 2. The lowest BCUT2D eigenvalue weighted by Crippen LogP contribution is -2.48. The summed E-state index contributed by atoms with van der Waals surface area (Å²) in [6, 6.07) is 2.22. The Hall–Kier alpha value is -1.85. The number of hydrogen-bond acceptors (Lipinski definition) is 3. The van der Waals surface area contributed by atoms with E-state index in [1.807, 2.05) is 11.0 Å². The first-order valence-electron chi connectivity index (χ1n) is 9.18. The molecule has 0 spiro atoms. The van der Waals surface area contributed by atoms with Crippen LogP contribution in [0.25, 0.3) is 0 Å². The van der Waals surface area contributed by atoms with E-state index in [1.54, 1.807) is 13.1 Å². The van der Waals surface area contributed by atoms with Gasteiger partial charge in [-0.05, 0) is 37.7 Å². The summed E-state index contributed by atoms with van der Waals surface area (Å²) < 4.78 is 0. The molecule has 0 bridgehead atoms. The molecule has 3 heterocycles. The van der Waals surface area contributed by atoms with E-state index in [2.05, 4.69) is 15.1 Å². The fourth-order valence-electron chi connectivity index (χ4n) is 4.21. The van der Waals surface area contributed by atoms with Gasteiger partial charge in [-0.15, -0.1) is 0 Å². The summed E-state index contributed by atoms with van der Waals surface area (Å²) >= 11 is 0. The Kier molecular flexibility index (Phi) is 5.53. The average molecular weight is 332 g/mol. The Balaban J connectivity index is 1.55. The number of nitrogens with zero attached hydrogens (tertiary/aromatic N) is 3. The molecule has 0 radical (unpaired) electrons. The number of aromatic amines is 1. The summed E-state index contributed by atoms with van der Waals surface area (Å²) in [7, 11) is 0. The van der Waals surface area contributed by atoms with Gasteiger partial charge in [0.25, 0.3) is 0 Å². The fourth-order valence-corrected chi connectivity index (χ4v) is 4.21. The highest BCUT2D eigenvalue weighted by Crippen LogP contribution is 2.30. The lowest BCUT2D eigenvalue weighted by atomic mass is 9.86. The third-order valence-corrected chi connectivity index (χ3v) is 5.54. The quantitative estimate of drug-likeness (QED) is 0.920. The molecule has 6 nitrogen and oxygen atoms in total. The first-order chi connectivity index (χ1) is 11.6. The molecule has 6 heteroatoms. The van der Waals surface area contributed by atoms with Gasteiger partial charge in [0.05, 0.1) is 6.42 Å². The summed E-state index contributed by atoms with van der Waals surface area (Å²) in [6.45, 7) is 4.21. The van der Waals surface area contributed by atoms with Gasteiger partial charge in [0.1, 0.15) is 0 Å². The predicted molar refractivity (Wildman–Crippen MR) is 91.2 cm³/mol. The molecule has 2 fully saturated rings. The third kappa shape index (κ3) is 3.97. The van der Waals surface area contributed by atoms with Crippen molar-refractivity contribution in [3.8, 4) is 0 Å². The highest BCUT2D eigenvalue weighted by molar-refractivity contribution is 5.78. The molecule has 1 N–H and O–H groups in total. The van der Waals surface area contributed by atoms with Crippen LogP contribution in [0, 0.1) is 5.92 Å². The van der Waals surface area contributed by atoms with Gasteiger partial charge in [0.2, 0.25) is 11.8 Å². The van der Waals surface area contributed by atoms with Crippen LogP contribution in [0.15, 0.2) is 12.3 Å². The molecule has 2 aliphatic heterocycles. The Morgan fingerprint density at radius 3 is 2.62 bits per heavy atom. The Labute approximate surface area is 143 Å². The van der Waals surface area contributed by atoms with E-state index in [0.29, 0.717) is 18.4 Å². The monoisotopic (exact) mass is 332 g/mol. The van der Waals surface area contributed by atoms with Crippen molar-refractivity contribution < 1.29 is 9.59 Å². The van der Waals surface area contributed by atoms with Gasteiger partial charge in [0.15, 0.2) is 0 Å². The fraction of sp³-hybridized carbons (Fsp3) is 0.722. The smallest absolute Gasteiger partial charge is 0.228 e. The summed E-state index contributed by atoms with van der Waals surface area (Å²) in [4.78, 5) is 28.5. The number of aromatic nitrogens is 2. The van der Waals surface area contributed by atoms with Crippen LogP contribution in [0.1, 0.15) is 51.1 Å². The zero-order valence-corrected chi connectivity index (χ0v) is 14.5. The van der Waals surface area contributed by atoms with E-state index in [0.717, 1.165) is 51.0 Å². The molecule has 0 aromatic carbocycles. The molecule has 132 valence electrons. The number of hydrogen-bond donors (Lipinski definition) is 1. The second kappa shape index (κ2) is 7.81. The highest BCUT2D eigenvalue weighted by atomic mass is 16.2. The van der Waals surface area contributed by atoms with Crippen LogP contribution < -0.4 is 0 Å². The predicted octanol–water partition coefficient (Wildman–Crippen LogP) is 1.98. The number of carbonyl (C=O) groups is 2. The lowest BCUT2D eigenvalue weighted by molar-refractivity contribution is -0.135. The Morgan fingerprint density at radius 1 is 1.17 bits per heavy atom. The molecule has 2 amide bonds. The molecule has 0 saturated carbocycles. The standard InChI is InChI=1S/C18H28N4O2/c1-14(23)22-10-4-2-3-5-17(22)15-7-11-21(12-8-15)18(24)13-16-6-9-19-20-16/h6,9,15,17H,2-5,7-8,10-13H2,1H3,(H,19,20). The minimum absolute atomic E-state index is 0.169. The number of H-pyrrole nitrogens is 1. The van der Waals surface area contributed by atoms with Crippen molar-refractivity contribution in [1.29, 1.82) is 0 Å². The van der Waals surface area contributed by atoms with E-state index in [9.17, 15) is 9.59 Å². The number of nitrogens with one attached hydrogen (secondary N) is 1. The summed E-state index contributed by atoms with van der Waals surface area (Å²) in [6.07, 6.45) is 8.76. The Morgan fingerprint density at radius 2 is 1.96 bits per heavy atom. The maximum Gasteiger partial charge on any atom is 0.228 e. The SMILES string of the molecule is CC(=O)N1CCCCCC1C1CCN(C(=O)Cc2ccn[nH]2)CC1. The molecule has 1 atom stereocenters. The molecule has 3 rings (SSSR count). The zero-order valence-electron chi connectivity index (χ0n) is 14.5. The van der Waals surface area contributed by atoms with Crippen molar-refractivity contribution in [3.05, 3.63) is 18.0 Å². The highest BCUT2D eigenvalue weighted by Gasteiger charge is 2.33. The van der Waals surface area contributed by atoms with Crippen molar-refractivity contribution in [2.24, 2.45) is 5.92 Å². The van der Waals surface area contributed by atoms with E-state index in [4.69, 9.17) is 0 Å². The van der Waals surface area contributed by atoms with Crippen LogP contribution >= 0.6 is 0 Å². The van der Waals surface area contributed by atoms with Crippen molar-refractivity contribution in [2.75, 3.05) is 19.6 Å². The zero-order chi connectivity index (χ0) is 16.9. The lowest BCUT2D eigenvalue weighted by Gasteiger charge is -2.40. The molecular formula is C18H28N4O2. The van der Waals surface area contributed by atoms with Gasteiger partial charge < -0.3 is 9.80 Å². The van der Waals surface area contributed by atoms with Gasteiger partial charge in [-0.3, -0.25) is 14.7 Å². The minimum Gasteiger partial charge on any atom is -0.342 e. The summed E-state index contributed by atoms with van der Waals surface area (Å²) in [5, 5.41) is 6.75. The molecule has 0 aliphatic carbocycles. The van der Waals surface area contributed by atoms with Crippen LogP contribution in [0.5, 0.6) is 0 Å². The van der Waals surface area contributed by atoms with Crippen molar-refractivity contribution in [3.63, 3.8) is 0 Å². The molecule has 1 unspecified atom stereocenters. The largest absolute Gasteiger partial charge is 0.342 e. The second-order valence-electron chi connectivity index (χ2n) is 7.11. The molecular weight excluding hydrogens is 304 g/mol. The number of rotatable bonds is 3. The molecule has 1 aromatic heterocycles. The molecule has 2 aliphatic rings. The van der Waals surface area contributed by atoms with Crippen molar-refractivity contribution in [1.82, 2.24) is 20.0 Å². The molecule has 24 heavy (non-hydrogen) atoms. The van der Waals surface area contributed by atoms with Crippen LogP contribution in [0.2, 0.25) is 0 Å². The number of piperidine rings is 1. The van der Waals surface area contributed by atoms with Gasteiger partial charge in [-0.2, -0.15) is 5.10 Å². The van der Waals surface area contributed by atoms with Gasteiger partial charge >= 0.3 is 0 Å². The van der Waals surface area contributed by atoms with Crippen molar-refractivity contribution >= 4 is 11.8 Å². The molecule has 1 aromatic rings. The first kappa shape index (κ1) is 17.0. The van der Waals surface area contributed by atoms with E-state index >= 15 is 0 Å². The van der Waals surface area contributed by atoms with Crippen LogP contribution in [0.4, 0.5) is 0 Å². The van der Waals surface area contributed by atoms with Gasteiger partial charge in [0, 0.05) is 44.5 Å². The maximum atomic E-state index is 12.4. The Bertz CT molecular complexity index is 549. The molecule has 2 saturated heterocycles. The minimum atomic E-state index is 0.169.